The summed E-state index contributed by atoms with van der Waals surface area (Å²) in [6, 6.07) is 3.34. The Kier molecular flexibility index (Phi) is 3.89. The largest absolute Gasteiger partial charge is 0.478 e. The second-order valence-corrected chi connectivity index (χ2v) is 5.19. The van der Waals surface area contributed by atoms with E-state index in [1.807, 2.05) is 18.7 Å². The normalized spacial score (nSPS) is 15.9. The minimum absolute atomic E-state index is 0.338. The molecule has 1 N–H and O–H groups in total. The molecule has 5 heteroatoms. The van der Waals surface area contributed by atoms with Gasteiger partial charge in [0, 0.05) is 30.3 Å². The van der Waals surface area contributed by atoms with E-state index >= 15 is 0 Å². The summed E-state index contributed by atoms with van der Waals surface area (Å²) in [7, 11) is 0. The van der Waals surface area contributed by atoms with Gasteiger partial charge in [-0.05, 0) is 18.6 Å². The summed E-state index contributed by atoms with van der Waals surface area (Å²) in [6.07, 6.45) is 0.761. The molecule has 1 aromatic rings. The summed E-state index contributed by atoms with van der Waals surface area (Å²) in [5, 5.41) is 9.08. The average molecular weight is 252 g/mol. The van der Waals surface area contributed by atoms with E-state index in [0.717, 1.165) is 42.5 Å². The second-order valence-electron chi connectivity index (χ2n) is 3.96. The monoisotopic (exact) mass is 252 g/mol. The van der Waals surface area contributed by atoms with Gasteiger partial charge in [0.25, 0.3) is 0 Å². The number of carboxylic acids is 1. The van der Waals surface area contributed by atoms with E-state index in [9.17, 15) is 4.79 Å². The molecular weight excluding hydrogens is 236 g/mol. The fraction of sp³-hybridized carbons (Fsp3) is 0.500. The van der Waals surface area contributed by atoms with Crippen molar-refractivity contribution in [1.29, 1.82) is 0 Å². The Bertz CT molecular complexity index is 417. The lowest BCUT2D eigenvalue weighted by Gasteiger charge is -2.27. The van der Waals surface area contributed by atoms with Crippen molar-refractivity contribution in [3.63, 3.8) is 0 Å². The highest BCUT2D eigenvalue weighted by Crippen LogP contribution is 2.19. The van der Waals surface area contributed by atoms with Crippen LogP contribution in [0.1, 0.15) is 23.0 Å². The zero-order valence-corrected chi connectivity index (χ0v) is 10.7. The standard InChI is InChI=1S/C12H16N2O2S/c1-2-10-7-9(12(15)16)8-11(13-10)14-3-5-17-6-4-14/h7-8H,2-6H2,1H3,(H,15,16). The third kappa shape index (κ3) is 2.91. The molecule has 2 rings (SSSR count). The van der Waals surface area contributed by atoms with Gasteiger partial charge in [-0.25, -0.2) is 9.78 Å². The summed E-state index contributed by atoms with van der Waals surface area (Å²) < 4.78 is 0. The van der Waals surface area contributed by atoms with Crippen LogP contribution in [0.15, 0.2) is 12.1 Å². The van der Waals surface area contributed by atoms with Gasteiger partial charge in [-0.1, -0.05) is 6.92 Å². The SMILES string of the molecule is CCc1cc(C(=O)O)cc(N2CCSCC2)n1. The van der Waals surface area contributed by atoms with Crippen LogP contribution >= 0.6 is 11.8 Å². The Hall–Kier alpha value is -1.23. The molecule has 1 saturated heterocycles. The predicted octanol–water partition coefficient (Wildman–Crippen LogP) is 1.90. The van der Waals surface area contributed by atoms with Crippen molar-refractivity contribution in [2.75, 3.05) is 29.5 Å². The van der Waals surface area contributed by atoms with Crippen molar-refractivity contribution in [2.24, 2.45) is 0 Å². The molecule has 0 atom stereocenters. The van der Waals surface area contributed by atoms with Crippen LogP contribution in [0.4, 0.5) is 5.82 Å². The van der Waals surface area contributed by atoms with Crippen LogP contribution in [-0.2, 0) is 6.42 Å². The van der Waals surface area contributed by atoms with E-state index in [1.54, 1.807) is 12.1 Å². The first kappa shape index (κ1) is 12.2. The number of pyridine rings is 1. The molecule has 4 nitrogen and oxygen atoms in total. The molecule has 0 radical (unpaired) electrons. The molecule has 1 fully saturated rings. The lowest BCUT2D eigenvalue weighted by Crippen LogP contribution is -2.33. The molecule has 0 aromatic carbocycles. The minimum atomic E-state index is -0.880. The second kappa shape index (κ2) is 5.40. The number of aromatic carboxylic acids is 1. The third-order valence-corrected chi connectivity index (χ3v) is 3.75. The highest BCUT2D eigenvalue weighted by molar-refractivity contribution is 7.99. The maximum absolute atomic E-state index is 11.1. The van der Waals surface area contributed by atoms with Crippen molar-refractivity contribution < 1.29 is 9.90 Å². The van der Waals surface area contributed by atoms with Crippen molar-refractivity contribution in [3.05, 3.63) is 23.4 Å². The first-order valence-corrected chi connectivity index (χ1v) is 6.93. The number of thioether (sulfide) groups is 1. The fourth-order valence-electron chi connectivity index (χ4n) is 1.83. The highest BCUT2D eigenvalue weighted by atomic mass is 32.2. The number of hydrogen-bond acceptors (Lipinski definition) is 4. The Labute approximate surface area is 105 Å². The van der Waals surface area contributed by atoms with Gasteiger partial charge < -0.3 is 10.0 Å². The maximum Gasteiger partial charge on any atom is 0.335 e. The van der Waals surface area contributed by atoms with Crippen molar-refractivity contribution in [3.8, 4) is 0 Å². The van der Waals surface area contributed by atoms with E-state index in [0.29, 0.717) is 5.56 Å². The van der Waals surface area contributed by atoms with Crippen LogP contribution in [0.3, 0.4) is 0 Å². The maximum atomic E-state index is 11.1. The average Bonchev–Trinajstić information content (AvgIpc) is 2.39. The molecule has 0 amide bonds. The third-order valence-electron chi connectivity index (χ3n) is 2.81. The van der Waals surface area contributed by atoms with Crippen LogP contribution in [0.2, 0.25) is 0 Å². The van der Waals surface area contributed by atoms with Gasteiger partial charge in [-0.15, -0.1) is 0 Å². The zero-order chi connectivity index (χ0) is 12.3. The number of aryl methyl sites for hydroxylation is 1. The number of aromatic nitrogens is 1. The summed E-state index contributed by atoms with van der Waals surface area (Å²) in [5.74, 6) is 2.10. The van der Waals surface area contributed by atoms with E-state index < -0.39 is 5.97 Å². The number of hydrogen-bond donors (Lipinski definition) is 1. The number of anilines is 1. The molecule has 1 aromatic heterocycles. The molecule has 0 bridgehead atoms. The van der Waals surface area contributed by atoms with Gasteiger partial charge in [0.15, 0.2) is 0 Å². The van der Waals surface area contributed by atoms with Gasteiger partial charge in [0.2, 0.25) is 0 Å². The van der Waals surface area contributed by atoms with E-state index in [2.05, 4.69) is 9.88 Å². The van der Waals surface area contributed by atoms with Gasteiger partial charge in [-0.3, -0.25) is 0 Å². The number of carbonyl (C=O) groups is 1. The van der Waals surface area contributed by atoms with Gasteiger partial charge in [0.05, 0.1) is 5.56 Å². The van der Waals surface area contributed by atoms with Gasteiger partial charge in [0.1, 0.15) is 5.82 Å². The zero-order valence-electron chi connectivity index (χ0n) is 9.85. The van der Waals surface area contributed by atoms with Gasteiger partial charge >= 0.3 is 5.97 Å². The van der Waals surface area contributed by atoms with Crippen LogP contribution in [-0.4, -0.2) is 40.7 Å². The molecule has 2 heterocycles. The van der Waals surface area contributed by atoms with E-state index in [-0.39, 0.29) is 0 Å². The molecule has 1 aliphatic rings. The molecule has 0 saturated carbocycles. The summed E-state index contributed by atoms with van der Waals surface area (Å²) >= 11 is 1.93. The lowest BCUT2D eigenvalue weighted by molar-refractivity contribution is 0.0696. The Morgan fingerprint density at radius 2 is 2.18 bits per heavy atom. The van der Waals surface area contributed by atoms with Crippen LogP contribution in [0, 0.1) is 0 Å². The summed E-state index contributed by atoms with van der Waals surface area (Å²) in [6.45, 7) is 3.89. The van der Waals surface area contributed by atoms with Crippen LogP contribution in [0.25, 0.3) is 0 Å². The Morgan fingerprint density at radius 3 is 2.76 bits per heavy atom. The van der Waals surface area contributed by atoms with Crippen molar-refractivity contribution in [2.45, 2.75) is 13.3 Å². The number of rotatable bonds is 3. The minimum Gasteiger partial charge on any atom is -0.478 e. The van der Waals surface area contributed by atoms with Gasteiger partial charge in [-0.2, -0.15) is 11.8 Å². The smallest absolute Gasteiger partial charge is 0.335 e. The lowest BCUT2D eigenvalue weighted by atomic mass is 10.2. The van der Waals surface area contributed by atoms with Crippen LogP contribution < -0.4 is 4.90 Å². The highest BCUT2D eigenvalue weighted by Gasteiger charge is 2.15. The molecule has 92 valence electrons. The molecule has 0 unspecified atom stereocenters. The first-order chi connectivity index (χ1) is 8.20. The Balaban J connectivity index is 2.31. The first-order valence-electron chi connectivity index (χ1n) is 5.77. The molecule has 0 aliphatic carbocycles. The Morgan fingerprint density at radius 1 is 1.47 bits per heavy atom. The van der Waals surface area contributed by atoms with Crippen LogP contribution in [0.5, 0.6) is 0 Å². The summed E-state index contributed by atoms with van der Waals surface area (Å²) in [4.78, 5) is 17.7. The molecule has 1 aliphatic heterocycles. The molecule has 17 heavy (non-hydrogen) atoms. The number of carboxylic acid groups (broad SMARTS) is 1. The molecular formula is C12H16N2O2S. The number of nitrogens with zero attached hydrogens (tertiary/aromatic N) is 2. The predicted molar refractivity (Wildman–Crippen MR) is 70.1 cm³/mol. The van der Waals surface area contributed by atoms with E-state index in [1.165, 1.54) is 0 Å². The quantitative estimate of drug-likeness (QED) is 0.890. The summed E-state index contributed by atoms with van der Waals surface area (Å²) in [5.41, 5.74) is 1.18. The molecule has 0 spiro atoms. The van der Waals surface area contributed by atoms with Crippen molar-refractivity contribution in [1.82, 2.24) is 4.98 Å². The topological polar surface area (TPSA) is 53.4 Å². The van der Waals surface area contributed by atoms with Crippen molar-refractivity contribution >= 4 is 23.5 Å². The fourth-order valence-corrected chi connectivity index (χ4v) is 2.73. The van der Waals surface area contributed by atoms with E-state index in [4.69, 9.17) is 5.11 Å².